The van der Waals surface area contributed by atoms with E-state index in [1.807, 2.05) is 6.07 Å². The Balaban J connectivity index is 1.22. The molecule has 0 bridgehead atoms. The first-order valence-corrected chi connectivity index (χ1v) is 18.0. The van der Waals surface area contributed by atoms with Crippen molar-refractivity contribution in [3.05, 3.63) is 169 Å². The number of thiophene rings is 1. The van der Waals surface area contributed by atoms with Crippen molar-refractivity contribution in [2.45, 2.75) is 0 Å². The lowest BCUT2D eigenvalue weighted by atomic mass is 9.97. The van der Waals surface area contributed by atoms with Gasteiger partial charge in [-0.25, -0.2) is 9.97 Å². The number of nitrogens with zero attached hydrogens (tertiary/aromatic N) is 4. The van der Waals surface area contributed by atoms with Crippen LogP contribution in [0, 0.1) is 0 Å². The fraction of sp³-hybridized carbons (Fsp3) is 0. The van der Waals surface area contributed by atoms with Crippen LogP contribution >= 0.6 is 11.3 Å². The van der Waals surface area contributed by atoms with Gasteiger partial charge in [-0.15, -0.1) is 11.3 Å². The summed E-state index contributed by atoms with van der Waals surface area (Å²) in [7, 11) is 0. The van der Waals surface area contributed by atoms with Crippen LogP contribution in [0.15, 0.2) is 169 Å². The number of fused-ring (bicyclic) bond motifs is 9. The van der Waals surface area contributed by atoms with E-state index in [-0.39, 0.29) is 0 Å². The Kier molecular flexibility index (Phi) is 6.09. The molecule has 0 spiro atoms. The predicted molar refractivity (Wildman–Crippen MR) is 214 cm³/mol. The van der Waals surface area contributed by atoms with E-state index in [1.165, 1.54) is 54.5 Å². The van der Waals surface area contributed by atoms with E-state index in [1.54, 1.807) is 11.3 Å². The summed E-state index contributed by atoms with van der Waals surface area (Å²) in [6.07, 6.45) is 0. The maximum Gasteiger partial charge on any atom is 0.235 e. The molecule has 0 aliphatic carbocycles. The van der Waals surface area contributed by atoms with Gasteiger partial charge in [0.05, 0.1) is 38.0 Å². The average Bonchev–Trinajstić information content (AvgIpc) is 3.90. The number of aromatic nitrogens is 4. The zero-order valence-electron chi connectivity index (χ0n) is 27.4. The fourth-order valence-electron chi connectivity index (χ4n) is 8.01. The van der Waals surface area contributed by atoms with Crippen LogP contribution in [0.3, 0.4) is 0 Å². The van der Waals surface area contributed by atoms with E-state index in [2.05, 4.69) is 172 Å². The molecule has 0 unspecified atom stereocenters. The highest BCUT2D eigenvalue weighted by atomic mass is 32.1. The van der Waals surface area contributed by atoms with Gasteiger partial charge in [-0.1, -0.05) is 121 Å². The van der Waals surface area contributed by atoms with Gasteiger partial charge in [0, 0.05) is 38.2 Å². The Morgan fingerprint density at radius 2 is 1.22 bits per heavy atom. The van der Waals surface area contributed by atoms with Gasteiger partial charge in [0.15, 0.2) is 0 Å². The first-order valence-electron chi connectivity index (χ1n) is 17.2. The Labute approximate surface area is 297 Å². The summed E-state index contributed by atoms with van der Waals surface area (Å²) < 4.78 is 5.76. The van der Waals surface area contributed by atoms with Crippen LogP contribution in [0.25, 0.3) is 98.6 Å². The molecule has 0 aliphatic heterocycles. The summed E-state index contributed by atoms with van der Waals surface area (Å²) in [6, 6.07) is 58.7. The molecule has 0 fully saturated rings. The van der Waals surface area contributed by atoms with Gasteiger partial charge in [0.25, 0.3) is 0 Å². The maximum atomic E-state index is 5.34. The quantitative estimate of drug-likeness (QED) is 0.187. The van der Waals surface area contributed by atoms with Crippen molar-refractivity contribution in [3.8, 4) is 34.0 Å². The molecule has 5 heteroatoms. The first-order chi connectivity index (χ1) is 25.3. The highest BCUT2D eigenvalue weighted by Crippen LogP contribution is 2.42. The van der Waals surface area contributed by atoms with Crippen LogP contribution in [-0.4, -0.2) is 19.1 Å². The van der Waals surface area contributed by atoms with Crippen molar-refractivity contribution in [2.24, 2.45) is 0 Å². The third-order valence-electron chi connectivity index (χ3n) is 10.2. The number of hydrogen-bond donors (Lipinski definition) is 0. The fourth-order valence-corrected chi connectivity index (χ4v) is 8.86. The van der Waals surface area contributed by atoms with Crippen LogP contribution in [0.1, 0.15) is 0 Å². The van der Waals surface area contributed by atoms with Crippen LogP contribution < -0.4 is 0 Å². The lowest BCUT2D eigenvalue weighted by Gasteiger charge is -2.11. The van der Waals surface area contributed by atoms with Gasteiger partial charge in [0.2, 0.25) is 5.95 Å². The van der Waals surface area contributed by atoms with Gasteiger partial charge in [-0.2, -0.15) is 0 Å². The Morgan fingerprint density at radius 1 is 0.471 bits per heavy atom. The van der Waals surface area contributed by atoms with Crippen LogP contribution in [0.5, 0.6) is 0 Å². The summed E-state index contributed by atoms with van der Waals surface area (Å²) in [4.78, 5) is 10.6. The molecule has 4 nitrogen and oxygen atoms in total. The minimum absolute atomic E-state index is 0.678. The highest BCUT2D eigenvalue weighted by molar-refractivity contribution is 7.17. The van der Waals surface area contributed by atoms with Crippen molar-refractivity contribution < 1.29 is 0 Å². The topological polar surface area (TPSA) is 35.6 Å². The summed E-state index contributed by atoms with van der Waals surface area (Å²) in [5, 5.41) is 9.32. The molecule has 11 rings (SSSR count). The van der Waals surface area contributed by atoms with Crippen molar-refractivity contribution in [1.82, 2.24) is 19.1 Å². The number of hydrogen-bond acceptors (Lipinski definition) is 3. The molecular weight excluding hydrogens is 641 g/mol. The number of benzene rings is 7. The molecule has 0 N–H and O–H groups in total. The van der Waals surface area contributed by atoms with Gasteiger partial charge in [-0.05, 0) is 64.4 Å². The standard InChI is InChI=1S/C46H28N4S/c1-3-13-30(14-4-1)43-45-38(26-27-51-45)47-46(48-43)50-40-25-23-31(28-37(40)35-24-22-29-12-7-8-17-34(29)44(35)50)33-19-11-21-41-42(33)36-18-9-10-20-39(36)49(41)32-15-5-2-6-16-32/h1-28H. The van der Waals surface area contributed by atoms with E-state index < -0.39 is 0 Å². The molecule has 11 aromatic rings. The summed E-state index contributed by atoms with van der Waals surface area (Å²) >= 11 is 1.69. The molecule has 7 aromatic carbocycles. The number of rotatable bonds is 4. The first kappa shape index (κ1) is 28.3. The minimum Gasteiger partial charge on any atom is -0.309 e. The van der Waals surface area contributed by atoms with Crippen molar-refractivity contribution in [2.75, 3.05) is 0 Å². The highest BCUT2D eigenvalue weighted by Gasteiger charge is 2.21. The van der Waals surface area contributed by atoms with E-state index in [4.69, 9.17) is 9.97 Å². The van der Waals surface area contributed by atoms with Crippen LogP contribution in [-0.2, 0) is 0 Å². The van der Waals surface area contributed by atoms with Crippen molar-refractivity contribution in [1.29, 1.82) is 0 Å². The maximum absolute atomic E-state index is 5.34. The third-order valence-corrected chi connectivity index (χ3v) is 11.1. The summed E-state index contributed by atoms with van der Waals surface area (Å²) in [5.74, 6) is 0.678. The molecule has 51 heavy (non-hydrogen) atoms. The third kappa shape index (κ3) is 4.19. The molecule has 238 valence electrons. The molecule has 0 atom stereocenters. The molecular formula is C46H28N4S. The molecule has 0 saturated heterocycles. The Bertz CT molecular complexity index is 3130. The Hall–Kier alpha value is -6.56. The molecule has 0 saturated carbocycles. The van der Waals surface area contributed by atoms with Crippen molar-refractivity contribution in [3.63, 3.8) is 0 Å². The number of para-hydroxylation sites is 2. The van der Waals surface area contributed by atoms with E-state index in [0.29, 0.717) is 5.95 Å². The minimum atomic E-state index is 0.678. The van der Waals surface area contributed by atoms with Gasteiger partial charge in [0.1, 0.15) is 0 Å². The molecule has 4 aromatic heterocycles. The largest absolute Gasteiger partial charge is 0.309 e. The molecule has 0 amide bonds. The smallest absolute Gasteiger partial charge is 0.235 e. The molecule has 0 radical (unpaired) electrons. The normalized spacial score (nSPS) is 11.9. The van der Waals surface area contributed by atoms with Crippen LogP contribution in [0.2, 0.25) is 0 Å². The second kappa shape index (κ2) is 11.0. The molecule has 4 heterocycles. The van der Waals surface area contributed by atoms with Crippen LogP contribution in [0.4, 0.5) is 0 Å². The zero-order chi connectivity index (χ0) is 33.5. The van der Waals surface area contributed by atoms with E-state index in [9.17, 15) is 0 Å². The summed E-state index contributed by atoms with van der Waals surface area (Å²) in [5.41, 5.74) is 11.1. The molecule has 0 aliphatic rings. The SMILES string of the molecule is c1ccc(-c2nc(-n3c4ccc(-c5cccc6c5c5ccccc5n6-c5ccccc5)cc4c4ccc5ccccc5c43)nc3ccsc23)cc1. The predicted octanol–water partition coefficient (Wildman–Crippen LogP) is 12.4. The zero-order valence-corrected chi connectivity index (χ0v) is 28.2. The average molecular weight is 669 g/mol. The second-order valence-corrected chi connectivity index (χ2v) is 13.9. The van der Waals surface area contributed by atoms with Crippen molar-refractivity contribution >= 4 is 75.9 Å². The van der Waals surface area contributed by atoms with E-state index in [0.717, 1.165) is 38.2 Å². The van der Waals surface area contributed by atoms with Gasteiger partial charge >= 0.3 is 0 Å². The van der Waals surface area contributed by atoms with Gasteiger partial charge < -0.3 is 4.57 Å². The second-order valence-electron chi connectivity index (χ2n) is 13.0. The lowest BCUT2D eigenvalue weighted by Crippen LogP contribution is -2.03. The Morgan fingerprint density at radius 3 is 2.10 bits per heavy atom. The monoisotopic (exact) mass is 668 g/mol. The summed E-state index contributed by atoms with van der Waals surface area (Å²) in [6.45, 7) is 0. The van der Waals surface area contributed by atoms with E-state index >= 15 is 0 Å². The van der Waals surface area contributed by atoms with Gasteiger partial charge in [-0.3, -0.25) is 4.57 Å². The lowest BCUT2D eigenvalue weighted by molar-refractivity contribution is 1.02.